The van der Waals surface area contributed by atoms with Crippen LogP contribution in [0.5, 0.6) is 0 Å². The molecule has 1 fully saturated rings. The standard InChI is InChI=1S/C29H40ClN7O2S.C2HF3O2/c1-22(2)40(38,39)27-10-6-5-9-26(27)34-28-25(30)21-32-29(35-28)33-23-11-13-24(14-12-23)37-19-17-36(18-20-37)16-8-4-3-7-15-31;3-2(4,5)1(6)7/h5-6,9-14,21-22H,3-4,7-8,15-20,31H2,1-2H3,(H2,32,33,34,35);(H,6,7). The first kappa shape index (κ1) is 37.8. The van der Waals surface area contributed by atoms with Crippen LogP contribution < -0.4 is 21.3 Å². The molecule has 0 saturated carbocycles. The normalized spacial score (nSPS) is 14.0. The van der Waals surface area contributed by atoms with E-state index in [0.29, 0.717) is 17.5 Å². The van der Waals surface area contributed by atoms with Gasteiger partial charge in [0.25, 0.3) is 0 Å². The Labute approximate surface area is 278 Å². The number of aliphatic carboxylic acids is 1. The number of nitrogens with one attached hydrogen (secondary N) is 2. The van der Waals surface area contributed by atoms with E-state index in [1.54, 1.807) is 38.1 Å². The number of carbonyl (C=O) groups is 1. The third-order valence-corrected chi connectivity index (χ3v) is 9.83. The molecule has 16 heteroatoms. The minimum absolute atomic E-state index is 0.202. The van der Waals surface area contributed by atoms with Gasteiger partial charge in [0.1, 0.15) is 5.02 Å². The number of nitrogens with zero attached hydrogens (tertiary/aromatic N) is 4. The fraction of sp³-hybridized carbons (Fsp3) is 0.452. The number of halogens is 4. The van der Waals surface area contributed by atoms with Crippen LogP contribution in [0, 0.1) is 0 Å². The van der Waals surface area contributed by atoms with Crippen molar-refractivity contribution in [3.63, 3.8) is 0 Å². The molecule has 0 atom stereocenters. The largest absolute Gasteiger partial charge is 0.490 e. The number of hydrogen-bond donors (Lipinski definition) is 4. The molecular formula is C31H41ClF3N7O4S. The Morgan fingerprint density at radius 3 is 2.21 bits per heavy atom. The Morgan fingerprint density at radius 1 is 1.00 bits per heavy atom. The van der Waals surface area contributed by atoms with Gasteiger partial charge in [-0.15, -0.1) is 0 Å². The third-order valence-electron chi connectivity index (χ3n) is 7.34. The number of alkyl halides is 3. The summed E-state index contributed by atoms with van der Waals surface area (Å²) >= 11 is 6.37. The number of hydrogen-bond acceptors (Lipinski definition) is 10. The molecule has 1 saturated heterocycles. The minimum Gasteiger partial charge on any atom is -0.475 e. The van der Waals surface area contributed by atoms with Gasteiger partial charge in [-0.2, -0.15) is 18.2 Å². The molecule has 3 aromatic rings. The minimum atomic E-state index is -5.08. The van der Waals surface area contributed by atoms with E-state index in [4.69, 9.17) is 27.2 Å². The highest BCUT2D eigenvalue weighted by molar-refractivity contribution is 7.92. The van der Waals surface area contributed by atoms with Gasteiger partial charge < -0.3 is 26.4 Å². The number of rotatable bonds is 13. The van der Waals surface area contributed by atoms with Crippen LogP contribution >= 0.6 is 11.6 Å². The zero-order valence-corrected chi connectivity index (χ0v) is 27.9. The second-order valence-corrected chi connectivity index (χ2v) is 14.0. The zero-order chi connectivity index (χ0) is 34.6. The molecule has 0 aliphatic carbocycles. The summed E-state index contributed by atoms with van der Waals surface area (Å²) in [7, 11) is -3.50. The number of carboxylic acids is 1. The SMILES string of the molecule is CC(C)S(=O)(=O)c1ccccc1Nc1nc(Nc2ccc(N3CCN(CCCCCCN)CC3)cc2)ncc1Cl.O=C(O)C(F)(F)F. The van der Waals surface area contributed by atoms with Crippen LogP contribution in [0.4, 0.5) is 42.0 Å². The van der Waals surface area contributed by atoms with Crippen LogP contribution in [0.3, 0.4) is 0 Å². The van der Waals surface area contributed by atoms with Gasteiger partial charge in [0.2, 0.25) is 5.95 Å². The number of para-hydroxylation sites is 1. The molecule has 0 amide bonds. The summed E-state index contributed by atoms with van der Waals surface area (Å²) in [5.41, 5.74) is 8.03. The Hall–Kier alpha value is -3.66. The van der Waals surface area contributed by atoms with Crippen LogP contribution in [0.1, 0.15) is 39.5 Å². The predicted molar refractivity (Wildman–Crippen MR) is 179 cm³/mol. The molecule has 0 spiro atoms. The third kappa shape index (κ3) is 11.5. The van der Waals surface area contributed by atoms with Crippen LogP contribution in [-0.4, -0.2) is 85.1 Å². The van der Waals surface area contributed by atoms with Gasteiger partial charge >= 0.3 is 12.1 Å². The highest BCUT2D eigenvalue weighted by Gasteiger charge is 2.38. The molecule has 5 N–H and O–H groups in total. The molecule has 0 bridgehead atoms. The summed E-state index contributed by atoms with van der Waals surface area (Å²) in [6.45, 7) is 9.45. The van der Waals surface area contributed by atoms with Crippen molar-refractivity contribution in [2.24, 2.45) is 5.73 Å². The summed E-state index contributed by atoms with van der Waals surface area (Å²) in [4.78, 5) is 22.9. The van der Waals surface area contributed by atoms with Gasteiger partial charge in [-0.05, 0) is 76.2 Å². The van der Waals surface area contributed by atoms with E-state index < -0.39 is 27.2 Å². The molecule has 0 radical (unpaired) electrons. The summed E-state index contributed by atoms with van der Waals surface area (Å²) in [5.74, 6) is -2.09. The highest BCUT2D eigenvalue weighted by Crippen LogP contribution is 2.31. The molecule has 0 unspecified atom stereocenters. The van der Waals surface area contributed by atoms with E-state index in [2.05, 4.69) is 42.5 Å². The lowest BCUT2D eigenvalue weighted by Crippen LogP contribution is -2.46. The van der Waals surface area contributed by atoms with Crippen molar-refractivity contribution in [3.05, 3.63) is 59.8 Å². The monoisotopic (exact) mass is 699 g/mol. The smallest absolute Gasteiger partial charge is 0.475 e. The van der Waals surface area contributed by atoms with Crippen molar-refractivity contribution >= 4 is 56.2 Å². The van der Waals surface area contributed by atoms with Crippen molar-refractivity contribution in [3.8, 4) is 0 Å². The van der Waals surface area contributed by atoms with Crippen LogP contribution in [0.2, 0.25) is 5.02 Å². The maximum atomic E-state index is 12.8. The van der Waals surface area contributed by atoms with Crippen molar-refractivity contribution in [2.75, 3.05) is 54.8 Å². The average molecular weight is 700 g/mol. The second-order valence-electron chi connectivity index (χ2n) is 11.1. The van der Waals surface area contributed by atoms with Crippen LogP contribution in [-0.2, 0) is 14.6 Å². The summed E-state index contributed by atoms with van der Waals surface area (Å²) in [6.07, 6.45) is 1.26. The van der Waals surface area contributed by atoms with Gasteiger partial charge in [-0.3, -0.25) is 4.90 Å². The number of benzene rings is 2. The molecule has 1 aromatic heterocycles. The zero-order valence-electron chi connectivity index (χ0n) is 26.3. The number of anilines is 5. The Balaban J connectivity index is 0.000000771. The van der Waals surface area contributed by atoms with Gasteiger partial charge in [-0.1, -0.05) is 36.6 Å². The van der Waals surface area contributed by atoms with Crippen molar-refractivity contribution in [1.82, 2.24) is 14.9 Å². The Kier molecular flexibility index (Phi) is 14.1. The molecule has 11 nitrogen and oxygen atoms in total. The lowest BCUT2D eigenvalue weighted by Gasteiger charge is -2.36. The van der Waals surface area contributed by atoms with E-state index in [-0.39, 0.29) is 9.92 Å². The first-order valence-corrected chi connectivity index (χ1v) is 17.1. The molecule has 2 heterocycles. The predicted octanol–water partition coefficient (Wildman–Crippen LogP) is 6.07. The van der Waals surface area contributed by atoms with E-state index in [0.717, 1.165) is 44.8 Å². The fourth-order valence-electron chi connectivity index (χ4n) is 4.66. The van der Waals surface area contributed by atoms with E-state index in [1.165, 1.54) is 37.7 Å². The Morgan fingerprint density at radius 2 is 1.62 bits per heavy atom. The molecule has 2 aromatic carbocycles. The number of aromatic nitrogens is 2. The first-order chi connectivity index (χ1) is 22.2. The van der Waals surface area contributed by atoms with E-state index in [1.807, 2.05) is 12.1 Å². The van der Waals surface area contributed by atoms with Crippen molar-refractivity contribution in [2.45, 2.75) is 55.9 Å². The molecule has 1 aliphatic rings. The van der Waals surface area contributed by atoms with E-state index >= 15 is 0 Å². The quantitative estimate of drug-likeness (QED) is 0.154. The van der Waals surface area contributed by atoms with E-state index in [9.17, 15) is 21.6 Å². The summed E-state index contributed by atoms with van der Waals surface area (Å²) in [5, 5.41) is 13.2. The van der Waals surface area contributed by atoms with Gasteiger partial charge in [0.15, 0.2) is 15.7 Å². The topological polar surface area (TPSA) is 154 Å². The summed E-state index contributed by atoms with van der Waals surface area (Å²) < 4.78 is 57.4. The number of nitrogens with two attached hydrogens (primary N) is 1. The lowest BCUT2D eigenvalue weighted by molar-refractivity contribution is -0.192. The van der Waals surface area contributed by atoms with Crippen LogP contribution in [0.25, 0.3) is 0 Å². The number of unbranched alkanes of at least 4 members (excludes halogenated alkanes) is 3. The number of piperazine rings is 1. The lowest BCUT2D eigenvalue weighted by atomic mass is 10.1. The average Bonchev–Trinajstić information content (AvgIpc) is 3.03. The fourth-order valence-corrected chi connectivity index (χ4v) is 6.00. The summed E-state index contributed by atoms with van der Waals surface area (Å²) in [6, 6.07) is 15.0. The van der Waals surface area contributed by atoms with Crippen molar-refractivity contribution < 1.29 is 31.5 Å². The molecular weight excluding hydrogens is 659 g/mol. The highest BCUT2D eigenvalue weighted by atomic mass is 35.5. The maximum Gasteiger partial charge on any atom is 0.490 e. The molecule has 4 rings (SSSR count). The molecule has 258 valence electrons. The first-order valence-electron chi connectivity index (χ1n) is 15.2. The van der Waals surface area contributed by atoms with Gasteiger partial charge in [0, 0.05) is 37.6 Å². The van der Waals surface area contributed by atoms with Gasteiger partial charge in [0.05, 0.1) is 22.0 Å². The van der Waals surface area contributed by atoms with Gasteiger partial charge in [-0.25, -0.2) is 18.2 Å². The second kappa shape index (κ2) is 17.5. The number of sulfone groups is 1. The van der Waals surface area contributed by atoms with Crippen LogP contribution in [0.15, 0.2) is 59.6 Å². The maximum absolute atomic E-state index is 12.8. The number of carboxylic acid groups (broad SMARTS) is 1. The van der Waals surface area contributed by atoms with Crippen molar-refractivity contribution in [1.29, 1.82) is 0 Å². The molecule has 47 heavy (non-hydrogen) atoms. The Bertz CT molecular complexity index is 1550. The molecule has 1 aliphatic heterocycles.